The van der Waals surface area contributed by atoms with Crippen molar-refractivity contribution in [3.63, 3.8) is 0 Å². The molecule has 4 heteroatoms. The summed E-state index contributed by atoms with van der Waals surface area (Å²) in [6.45, 7) is 1.63. The summed E-state index contributed by atoms with van der Waals surface area (Å²) in [5, 5.41) is 0. The van der Waals surface area contributed by atoms with Gasteiger partial charge in [-0.15, -0.1) is 17.2 Å². The maximum atomic E-state index is 9.49. The quantitative estimate of drug-likeness (QED) is 0.320. The van der Waals surface area contributed by atoms with Crippen LogP contribution in [-0.4, -0.2) is 13.0 Å². The van der Waals surface area contributed by atoms with Gasteiger partial charge in [0.1, 0.15) is 0 Å². The van der Waals surface area contributed by atoms with Gasteiger partial charge in [-0.05, 0) is 11.6 Å². The van der Waals surface area contributed by atoms with Gasteiger partial charge in [-0.2, -0.15) is 0 Å². The predicted octanol–water partition coefficient (Wildman–Crippen LogP) is 1.59. The lowest BCUT2D eigenvalue weighted by atomic mass is 11.9. The van der Waals surface area contributed by atoms with Crippen LogP contribution < -0.4 is 0 Å². The van der Waals surface area contributed by atoms with Crippen molar-refractivity contribution >= 4 is 24.8 Å². The SMILES string of the molecule is C=P(C)(S)N=O. The first kappa shape index (κ1) is 6.25. The first-order valence-corrected chi connectivity index (χ1v) is 4.87. The second kappa shape index (κ2) is 1.80. The summed E-state index contributed by atoms with van der Waals surface area (Å²) in [4.78, 5) is 12.1. The third-order valence-electron chi connectivity index (χ3n) is 0.176. The Morgan fingerprint density at radius 1 is 2.00 bits per heavy atom. The summed E-state index contributed by atoms with van der Waals surface area (Å²) in [5.74, 6) is 0. The maximum absolute atomic E-state index is 9.49. The Hall–Kier alpha value is 0.250. The minimum Gasteiger partial charge on any atom is -0.146 e. The van der Waals surface area contributed by atoms with Crippen molar-refractivity contribution in [1.82, 2.24) is 0 Å². The molecule has 36 valence electrons. The molecular formula is C2H6NOPS. The normalized spacial score (nSPS) is 19.0. The van der Waals surface area contributed by atoms with E-state index in [9.17, 15) is 4.91 Å². The van der Waals surface area contributed by atoms with E-state index in [1.807, 2.05) is 0 Å². The van der Waals surface area contributed by atoms with Crippen LogP contribution in [0.5, 0.6) is 0 Å². The number of hydrogen-bond acceptors (Lipinski definition) is 3. The van der Waals surface area contributed by atoms with Crippen LogP contribution in [0, 0.1) is 4.91 Å². The molecule has 0 saturated carbocycles. The third-order valence-corrected chi connectivity index (χ3v) is 0.747. The molecule has 0 spiro atoms. The molecule has 0 radical (unpaired) electrons. The number of nitroso groups, excluding NO2 is 1. The fraction of sp³-hybridized carbons (Fsp3) is 0.500. The molecule has 0 aliphatic heterocycles. The molecular weight excluding hydrogens is 117 g/mol. The maximum Gasteiger partial charge on any atom is 0.0825 e. The zero-order chi connectivity index (χ0) is 5.21. The van der Waals surface area contributed by atoms with E-state index < -0.39 is 6.24 Å². The van der Waals surface area contributed by atoms with Crippen LogP contribution in [0.15, 0.2) is 4.95 Å². The lowest BCUT2D eigenvalue weighted by Crippen LogP contribution is -1.51. The fourth-order valence-corrected chi connectivity index (χ4v) is 0. The monoisotopic (exact) mass is 123 g/mol. The number of nitrogens with zero attached hydrogens (tertiary/aromatic N) is 1. The number of rotatable bonds is 1. The summed E-state index contributed by atoms with van der Waals surface area (Å²) in [6, 6.07) is 0. The smallest absolute Gasteiger partial charge is 0.0825 e. The zero-order valence-electron chi connectivity index (χ0n) is 3.46. The second-order valence-corrected chi connectivity index (χ2v) is 6.10. The molecule has 0 bridgehead atoms. The van der Waals surface area contributed by atoms with Crippen molar-refractivity contribution in [2.24, 2.45) is 4.95 Å². The Morgan fingerprint density at radius 3 is 2.17 bits per heavy atom. The van der Waals surface area contributed by atoms with Crippen molar-refractivity contribution in [3.8, 4) is 0 Å². The highest BCUT2D eigenvalue weighted by Crippen LogP contribution is 2.46. The molecule has 1 unspecified atom stereocenters. The van der Waals surface area contributed by atoms with Crippen molar-refractivity contribution in [2.75, 3.05) is 6.66 Å². The Bertz CT molecular complexity index is 95.7. The Labute approximate surface area is 42.1 Å². The van der Waals surface area contributed by atoms with Gasteiger partial charge in [0.25, 0.3) is 0 Å². The van der Waals surface area contributed by atoms with Gasteiger partial charge in [0.2, 0.25) is 0 Å². The molecule has 0 aromatic carbocycles. The van der Waals surface area contributed by atoms with Gasteiger partial charge in [-0.25, -0.2) is 0 Å². The van der Waals surface area contributed by atoms with Crippen LogP contribution >= 0.6 is 18.5 Å². The molecule has 0 aromatic heterocycles. The molecule has 0 saturated heterocycles. The number of hydrogen-bond donors (Lipinski definition) is 1. The average Bonchev–Trinajstić information content (AvgIpc) is 1.35. The van der Waals surface area contributed by atoms with E-state index in [2.05, 4.69) is 23.5 Å². The van der Waals surface area contributed by atoms with Gasteiger partial charge in [-0.1, -0.05) is 6.30 Å². The van der Waals surface area contributed by atoms with Crippen LogP contribution in [0.2, 0.25) is 0 Å². The molecule has 1 atom stereocenters. The van der Waals surface area contributed by atoms with Gasteiger partial charge < -0.3 is 0 Å². The van der Waals surface area contributed by atoms with E-state index >= 15 is 0 Å². The summed E-state index contributed by atoms with van der Waals surface area (Å²) in [5.41, 5.74) is 0. The van der Waals surface area contributed by atoms with Gasteiger partial charge in [0, 0.05) is 0 Å². The van der Waals surface area contributed by atoms with Crippen LogP contribution in [0.3, 0.4) is 0 Å². The van der Waals surface area contributed by atoms with Crippen LogP contribution in [0.25, 0.3) is 0 Å². The van der Waals surface area contributed by atoms with Crippen LogP contribution in [-0.2, 0) is 0 Å². The minimum absolute atomic E-state index is 1.63. The van der Waals surface area contributed by atoms with E-state index in [0.717, 1.165) is 0 Å². The van der Waals surface area contributed by atoms with Crippen molar-refractivity contribution in [2.45, 2.75) is 0 Å². The molecule has 0 aliphatic rings. The summed E-state index contributed by atoms with van der Waals surface area (Å²) in [7, 11) is 0. The summed E-state index contributed by atoms with van der Waals surface area (Å²) < 4.78 is 0. The van der Waals surface area contributed by atoms with Gasteiger partial charge in [-0.3, -0.25) is 0 Å². The molecule has 0 aliphatic carbocycles. The highest BCUT2D eigenvalue weighted by atomic mass is 32.7. The largest absolute Gasteiger partial charge is 0.146 e. The standard InChI is InChI=1S/C2H6NOPS/c1-5(2,6)3-4/h6H,1H2,2H3. The van der Waals surface area contributed by atoms with Gasteiger partial charge in [0.15, 0.2) is 0 Å². The molecule has 0 heterocycles. The molecule has 0 amide bonds. The van der Waals surface area contributed by atoms with Crippen LogP contribution in [0.1, 0.15) is 0 Å². The molecule has 0 fully saturated rings. The highest BCUT2D eigenvalue weighted by molar-refractivity contribution is 8.50. The van der Waals surface area contributed by atoms with Crippen LogP contribution in [0.4, 0.5) is 0 Å². The zero-order valence-corrected chi connectivity index (χ0v) is 5.25. The fourth-order valence-electron chi connectivity index (χ4n) is 0. The molecule has 6 heavy (non-hydrogen) atoms. The topological polar surface area (TPSA) is 29.4 Å². The first-order valence-electron chi connectivity index (χ1n) is 1.35. The van der Waals surface area contributed by atoms with Crippen molar-refractivity contribution < 1.29 is 0 Å². The van der Waals surface area contributed by atoms with E-state index in [1.165, 1.54) is 0 Å². The van der Waals surface area contributed by atoms with Gasteiger partial charge in [0.05, 0.1) is 6.24 Å². The van der Waals surface area contributed by atoms with Crippen molar-refractivity contribution in [1.29, 1.82) is 0 Å². The number of thiol groups is 1. The third kappa shape index (κ3) is 4.25. The lowest BCUT2D eigenvalue weighted by Gasteiger charge is -1.91. The average molecular weight is 123 g/mol. The molecule has 0 aromatic rings. The van der Waals surface area contributed by atoms with E-state index in [1.54, 1.807) is 6.66 Å². The van der Waals surface area contributed by atoms with E-state index in [4.69, 9.17) is 0 Å². The van der Waals surface area contributed by atoms with E-state index in [0.29, 0.717) is 0 Å². The Balaban J connectivity index is 3.81. The Morgan fingerprint density at radius 2 is 2.17 bits per heavy atom. The molecule has 2 nitrogen and oxygen atoms in total. The summed E-state index contributed by atoms with van der Waals surface area (Å²) >= 11 is 3.78. The highest BCUT2D eigenvalue weighted by Gasteiger charge is 1.92. The molecule has 0 rings (SSSR count). The molecule has 0 N–H and O–H groups in total. The predicted molar refractivity (Wildman–Crippen MR) is 34.7 cm³/mol. The first-order chi connectivity index (χ1) is 2.56. The second-order valence-electron chi connectivity index (χ2n) is 1.17. The lowest BCUT2D eigenvalue weighted by molar-refractivity contribution is 1.83. The minimum atomic E-state index is -1.88. The Kier molecular flexibility index (Phi) is 1.88. The van der Waals surface area contributed by atoms with E-state index in [-0.39, 0.29) is 0 Å². The summed E-state index contributed by atoms with van der Waals surface area (Å²) in [6.07, 6.45) is 1.50. The van der Waals surface area contributed by atoms with Crippen molar-refractivity contribution in [3.05, 3.63) is 4.91 Å². The van der Waals surface area contributed by atoms with Gasteiger partial charge >= 0.3 is 0 Å².